The van der Waals surface area contributed by atoms with Crippen molar-refractivity contribution in [2.24, 2.45) is 5.92 Å². The second-order valence-corrected chi connectivity index (χ2v) is 7.41. The van der Waals surface area contributed by atoms with Crippen molar-refractivity contribution in [1.29, 1.82) is 0 Å². The number of carbonyl (C=O) groups excluding carboxylic acids is 1. The Bertz CT molecular complexity index is 505. The summed E-state index contributed by atoms with van der Waals surface area (Å²) in [6.45, 7) is 7.03. The number of hydrogen-bond donors (Lipinski definition) is 1. The molecule has 1 aliphatic carbocycles. The van der Waals surface area contributed by atoms with Crippen LogP contribution in [0.25, 0.3) is 0 Å². The van der Waals surface area contributed by atoms with Crippen molar-refractivity contribution in [1.82, 2.24) is 10.2 Å². The smallest absolute Gasteiger partial charge is 0.232 e. The van der Waals surface area contributed by atoms with E-state index in [-0.39, 0.29) is 18.3 Å². The summed E-state index contributed by atoms with van der Waals surface area (Å²) in [7, 11) is 0. The minimum Gasteiger partial charge on any atom is -0.342 e. The van der Waals surface area contributed by atoms with Gasteiger partial charge in [0.2, 0.25) is 5.91 Å². The van der Waals surface area contributed by atoms with Gasteiger partial charge in [-0.05, 0) is 57.6 Å². The van der Waals surface area contributed by atoms with Gasteiger partial charge in [-0.2, -0.15) is 0 Å². The zero-order chi connectivity index (χ0) is 15.6. The van der Waals surface area contributed by atoms with Crippen LogP contribution in [-0.2, 0) is 10.2 Å². The molecule has 1 N–H and O–H groups in total. The Morgan fingerprint density at radius 2 is 1.74 bits per heavy atom. The van der Waals surface area contributed by atoms with E-state index >= 15 is 0 Å². The Labute approximate surface area is 146 Å². The van der Waals surface area contributed by atoms with Crippen molar-refractivity contribution in [3.8, 4) is 0 Å². The molecule has 0 bridgehead atoms. The van der Waals surface area contributed by atoms with E-state index < -0.39 is 5.41 Å². The minimum absolute atomic E-state index is 0. The highest BCUT2D eigenvalue weighted by molar-refractivity contribution is 5.87. The van der Waals surface area contributed by atoms with Crippen molar-refractivity contribution >= 4 is 18.3 Å². The van der Waals surface area contributed by atoms with E-state index in [0.29, 0.717) is 6.04 Å². The second-order valence-electron chi connectivity index (χ2n) is 7.41. The zero-order valence-corrected chi connectivity index (χ0v) is 15.1. The summed E-state index contributed by atoms with van der Waals surface area (Å²) in [5.41, 5.74) is 0.671. The number of benzene rings is 1. The molecule has 1 saturated heterocycles. The standard InChI is InChI=1S/C19H28N2O.ClH/c1-19(2,16-6-4-3-5-7-16)18(22)21-12-10-17(11-13-21)20-14-15-8-9-15;/h3-7,15,17,20H,8-14H2,1-2H3;1H. The third kappa shape index (κ3) is 4.48. The van der Waals surface area contributed by atoms with Gasteiger partial charge in [0, 0.05) is 19.1 Å². The molecule has 0 spiro atoms. The van der Waals surface area contributed by atoms with Gasteiger partial charge in [0.05, 0.1) is 5.41 Å². The molecular formula is C19H29ClN2O. The van der Waals surface area contributed by atoms with Gasteiger partial charge in [0.1, 0.15) is 0 Å². The molecule has 128 valence electrons. The summed E-state index contributed by atoms with van der Waals surface area (Å²) in [6.07, 6.45) is 4.97. The molecule has 0 aromatic heterocycles. The molecule has 0 radical (unpaired) electrons. The predicted octanol–water partition coefficient (Wildman–Crippen LogP) is 3.38. The number of likely N-dealkylation sites (tertiary alicyclic amines) is 1. The van der Waals surface area contributed by atoms with Gasteiger partial charge in [0.25, 0.3) is 0 Å². The Balaban J connectivity index is 0.00000192. The highest BCUT2D eigenvalue weighted by Crippen LogP contribution is 2.29. The molecule has 1 aromatic rings. The quantitative estimate of drug-likeness (QED) is 0.894. The number of hydrogen-bond acceptors (Lipinski definition) is 2. The SMILES string of the molecule is CC(C)(C(=O)N1CCC(NCC2CC2)CC1)c1ccccc1.Cl. The van der Waals surface area contributed by atoms with Gasteiger partial charge >= 0.3 is 0 Å². The minimum atomic E-state index is -0.435. The molecule has 2 aliphatic rings. The number of halogens is 1. The number of nitrogens with one attached hydrogen (secondary N) is 1. The van der Waals surface area contributed by atoms with E-state index in [2.05, 4.69) is 22.3 Å². The fraction of sp³-hybridized carbons (Fsp3) is 0.632. The third-order valence-electron chi connectivity index (χ3n) is 5.20. The molecule has 1 aliphatic heterocycles. The molecule has 1 heterocycles. The van der Waals surface area contributed by atoms with Crippen molar-refractivity contribution < 1.29 is 4.79 Å². The highest BCUT2D eigenvalue weighted by Gasteiger charge is 2.35. The molecule has 1 saturated carbocycles. The van der Waals surface area contributed by atoms with Crippen LogP contribution in [0.1, 0.15) is 45.1 Å². The fourth-order valence-corrected chi connectivity index (χ4v) is 3.32. The van der Waals surface area contributed by atoms with Crippen LogP contribution in [0.2, 0.25) is 0 Å². The van der Waals surface area contributed by atoms with Gasteiger partial charge in [-0.25, -0.2) is 0 Å². The molecule has 23 heavy (non-hydrogen) atoms. The van der Waals surface area contributed by atoms with Crippen LogP contribution in [-0.4, -0.2) is 36.5 Å². The molecule has 1 aromatic carbocycles. The first kappa shape index (κ1) is 18.3. The normalized spacial score (nSPS) is 19.3. The Morgan fingerprint density at radius 3 is 2.30 bits per heavy atom. The number of amides is 1. The van der Waals surface area contributed by atoms with Crippen LogP contribution < -0.4 is 5.32 Å². The average molecular weight is 337 g/mol. The number of rotatable bonds is 5. The van der Waals surface area contributed by atoms with Gasteiger partial charge in [-0.3, -0.25) is 4.79 Å². The van der Waals surface area contributed by atoms with Crippen molar-refractivity contribution in [2.45, 2.75) is 51.0 Å². The summed E-state index contributed by atoms with van der Waals surface area (Å²) in [6, 6.07) is 10.7. The highest BCUT2D eigenvalue weighted by atomic mass is 35.5. The van der Waals surface area contributed by atoms with E-state index in [1.54, 1.807) is 0 Å². The van der Waals surface area contributed by atoms with E-state index in [4.69, 9.17) is 0 Å². The Kier molecular flexibility index (Phi) is 6.10. The average Bonchev–Trinajstić information content (AvgIpc) is 3.38. The summed E-state index contributed by atoms with van der Waals surface area (Å²) in [4.78, 5) is 15.0. The fourth-order valence-electron chi connectivity index (χ4n) is 3.32. The first-order valence-electron chi connectivity index (χ1n) is 8.65. The van der Waals surface area contributed by atoms with Gasteiger partial charge in [-0.15, -0.1) is 12.4 Å². The van der Waals surface area contributed by atoms with Crippen molar-refractivity contribution in [2.75, 3.05) is 19.6 Å². The maximum Gasteiger partial charge on any atom is 0.232 e. The van der Waals surface area contributed by atoms with E-state index in [0.717, 1.165) is 37.4 Å². The molecule has 0 unspecified atom stereocenters. The summed E-state index contributed by atoms with van der Waals surface area (Å²) < 4.78 is 0. The van der Waals surface area contributed by atoms with Crippen LogP contribution in [0, 0.1) is 5.92 Å². The molecule has 3 rings (SSSR count). The lowest BCUT2D eigenvalue weighted by Crippen LogP contribution is -2.50. The topological polar surface area (TPSA) is 32.3 Å². The zero-order valence-electron chi connectivity index (χ0n) is 14.3. The van der Waals surface area contributed by atoms with Crippen LogP contribution >= 0.6 is 12.4 Å². The molecule has 0 atom stereocenters. The maximum atomic E-state index is 12.9. The molecule has 1 amide bonds. The summed E-state index contributed by atoms with van der Waals surface area (Å²) >= 11 is 0. The number of piperidine rings is 1. The monoisotopic (exact) mass is 336 g/mol. The summed E-state index contributed by atoms with van der Waals surface area (Å²) in [5, 5.41) is 3.68. The van der Waals surface area contributed by atoms with Crippen LogP contribution in [0.4, 0.5) is 0 Å². The lowest BCUT2D eigenvalue weighted by molar-refractivity contribution is -0.137. The predicted molar refractivity (Wildman–Crippen MR) is 97.0 cm³/mol. The number of nitrogens with zero attached hydrogens (tertiary/aromatic N) is 1. The molecular weight excluding hydrogens is 308 g/mol. The Hall–Kier alpha value is -1.06. The lowest BCUT2D eigenvalue weighted by Gasteiger charge is -2.37. The second kappa shape index (κ2) is 7.67. The first-order valence-corrected chi connectivity index (χ1v) is 8.65. The first-order chi connectivity index (χ1) is 10.6. The molecule has 2 fully saturated rings. The molecule has 4 heteroatoms. The van der Waals surface area contributed by atoms with Crippen molar-refractivity contribution in [3.63, 3.8) is 0 Å². The third-order valence-corrected chi connectivity index (χ3v) is 5.20. The molecule has 3 nitrogen and oxygen atoms in total. The maximum absolute atomic E-state index is 12.9. The van der Waals surface area contributed by atoms with Crippen molar-refractivity contribution in [3.05, 3.63) is 35.9 Å². The lowest BCUT2D eigenvalue weighted by atomic mass is 9.82. The van der Waals surface area contributed by atoms with Gasteiger partial charge in [0.15, 0.2) is 0 Å². The van der Waals surface area contributed by atoms with E-state index in [1.165, 1.54) is 19.4 Å². The van der Waals surface area contributed by atoms with Gasteiger partial charge < -0.3 is 10.2 Å². The Morgan fingerprint density at radius 1 is 1.13 bits per heavy atom. The van der Waals surface area contributed by atoms with E-state index in [1.807, 2.05) is 32.0 Å². The van der Waals surface area contributed by atoms with E-state index in [9.17, 15) is 4.79 Å². The van der Waals surface area contributed by atoms with Gasteiger partial charge in [-0.1, -0.05) is 30.3 Å². The van der Waals surface area contributed by atoms with Crippen LogP contribution in [0.15, 0.2) is 30.3 Å². The summed E-state index contributed by atoms with van der Waals surface area (Å²) in [5.74, 6) is 1.19. The largest absolute Gasteiger partial charge is 0.342 e. The van der Waals surface area contributed by atoms with Crippen LogP contribution in [0.3, 0.4) is 0 Å². The number of carbonyl (C=O) groups is 1. The van der Waals surface area contributed by atoms with Crippen LogP contribution in [0.5, 0.6) is 0 Å².